The molecule has 0 saturated heterocycles. The van der Waals surface area contributed by atoms with Gasteiger partial charge in [0, 0.05) is 12.5 Å². The van der Waals surface area contributed by atoms with Crippen LogP contribution in [0.15, 0.2) is 24.3 Å². The third-order valence-corrected chi connectivity index (χ3v) is 4.44. The van der Waals surface area contributed by atoms with E-state index in [0.717, 1.165) is 36.8 Å². The zero-order valence-corrected chi connectivity index (χ0v) is 12.2. The summed E-state index contributed by atoms with van der Waals surface area (Å²) in [6.45, 7) is 11.7. The van der Waals surface area contributed by atoms with Crippen LogP contribution in [-0.2, 0) is 6.42 Å². The van der Waals surface area contributed by atoms with Crippen LogP contribution in [0.4, 0.5) is 0 Å². The average Bonchev–Trinajstić information content (AvgIpc) is 2.28. The highest BCUT2D eigenvalue weighted by atomic mass is 14.9. The van der Waals surface area contributed by atoms with Crippen molar-refractivity contribution in [1.29, 1.82) is 0 Å². The first kappa shape index (κ1) is 13.6. The van der Waals surface area contributed by atoms with Crippen LogP contribution in [0.3, 0.4) is 0 Å². The Morgan fingerprint density at radius 2 is 1.78 bits per heavy atom. The van der Waals surface area contributed by atoms with Gasteiger partial charge in [-0.15, -0.1) is 0 Å². The molecular formula is C17H27N. The van der Waals surface area contributed by atoms with Gasteiger partial charge in [0.2, 0.25) is 0 Å². The van der Waals surface area contributed by atoms with Crippen molar-refractivity contribution in [3.8, 4) is 0 Å². The standard InChI is InChI=1S/C17H27N/c1-12(2)17(13(3)4)11-18-10-15-9-14-7-5-6-8-16(14)15/h5-8,12-13,15,17-18H,9-11H2,1-4H3. The summed E-state index contributed by atoms with van der Waals surface area (Å²) < 4.78 is 0. The summed E-state index contributed by atoms with van der Waals surface area (Å²) >= 11 is 0. The molecule has 0 amide bonds. The molecule has 0 radical (unpaired) electrons. The summed E-state index contributed by atoms with van der Waals surface area (Å²) in [6.07, 6.45) is 1.26. The van der Waals surface area contributed by atoms with E-state index in [4.69, 9.17) is 0 Å². The zero-order valence-electron chi connectivity index (χ0n) is 12.2. The second kappa shape index (κ2) is 5.88. The molecule has 1 aliphatic rings. The number of rotatable bonds is 6. The normalized spacial score (nSPS) is 18.3. The van der Waals surface area contributed by atoms with Crippen LogP contribution in [0.1, 0.15) is 44.7 Å². The summed E-state index contributed by atoms with van der Waals surface area (Å²) in [5.41, 5.74) is 3.12. The fourth-order valence-electron chi connectivity index (χ4n) is 3.21. The summed E-state index contributed by atoms with van der Waals surface area (Å²) in [5.74, 6) is 3.08. The highest BCUT2D eigenvalue weighted by Crippen LogP contribution is 2.34. The van der Waals surface area contributed by atoms with Crippen LogP contribution in [0.2, 0.25) is 0 Å². The first-order valence-electron chi connectivity index (χ1n) is 7.38. The molecule has 0 heterocycles. The predicted octanol–water partition coefficient (Wildman–Crippen LogP) is 3.84. The lowest BCUT2D eigenvalue weighted by Gasteiger charge is -2.32. The van der Waals surface area contributed by atoms with Gasteiger partial charge in [-0.05, 0) is 41.8 Å². The van der Waals surface area contributed by atoms with E-state index in [0.29, 0.717) is 0 Å². The van der Waals surface area contributed by atoms with E-state index >= 15 is 0 Å². The van der Waals surface area contributed by atoms with Crippen molar-refractivity contribution in [1.82, 2.24) is 5.32 Å². The molecular weight excluding hydrogens is 218 g/mol. The Labute approximate surface area is 112 Å². The monoisotopic (exact) mass is 245 g/mol. The van der Waals surface area contributed by atoms with Crippen molar-refractivity contribution in [2.45, 2.75) is 40.0 Å². The van der Waals surface area contributed by atoms with Gasteiger partial charge in [-0.2, -0.15) is 0 Å². The second-order valence-electron chi connectivity index (χ2n) is 6.41. The molecule has 18 heavy (non-hydrogen) atoms. The molecule has 0 aromatic heterocycles. The minimum absolute atomic E-state index is 0.751. The van der Waals surface area contributed by atoms with Crippen LogP contribution in [0, 0.1) is 17.8 Å². The Morgan fingerprint density at radius 3 is 2.39 bits per heavy atom. The van der Waals surface area contributed by atoms with Gasteiger partial charge in [-0.1, -0.05) is 52.0 Å². The minimum Gasteiger partial charge on any atom is -0.316 e. The zero-order chi connectivity index (χ0) is 13.1. The maximum atomic E-state index is 3.69. The number of fused-ring (bicyclic) bond motifs is 1. The molecule has 2 rings (SSSR count). The highest BCUT2D eigenvalue weighted by molar-refractivity contribution is 5.40. The van der Waals surface area contributed by atoms with Crippen molar-refractivity contribution in [2.75, 3.05) is 13.1 Å². The fourth-order valence-corrected chi connectivity index (χ4v) is 3.21. The van der Waals surface area contributed by atoms with Crippen molar-refractivity contribution >= 4 is 0 Å². The molecule has 1 N–H and O–H groups in total. The maximum absolute atomic E-state index is 3.69. The van der Waals surface area contributed by atoms with Gasteiger partial charge >= 0.3 is 0 Å². The van der Waals surface area contributed by atoms with E-state index in [1.807, 2.05) is 0 Å². The molecule has 1 unspecified atom stereocenters. The fraction of sp³-hybridized carbons (Fsp3) is 0.647. The third kappa shape index (κ3) is 2.95. The Morgan fingerprint density at radius 1 is 1.11 bits per heavy atom. The Balaban J connectivity index is 1.77. The van der Waals surface area contributed by atoms with Crippen LogP contribution in [0.25, 0.3) is 0 Å². The Hall–Kier alpha value is -0.820. The largest absolute Gasteiger partial charge is 0.316 e. The molecule has 1 aliphatic carbocycles. The Bertz CT molecular complexity index is 373. The first-order valence-corrected chi connectivity index (χ1v) is 7.38. The first-order chi connectivity index (χ1) is 8.59. The third-order valence-electron chi connectivity index (χ3n) is 4.44. The molecule has 1 atom stereocenters. The lowest BCUT2D eigenvalue weighted by atomic mass is 9.77. The van der Waals surface area contributed by atoms with E-state index < -0.39 is 0 Å². The SMILES string of the molecule is CC(C)C(CNCC1Cc2ccccc21)C(C)C. The maximum Gasteiger partial charge on any atom is 0.00235 e. The molecule has 0 saturated carbocycles. The number of benzene rings is 1. The predicted molar refractivity (Wildman–Crippen MR) is 78.9 cm³/mol. The number of nitrogens with one attached hydrogen (secondary N) is 1. The lowest BCUT2D eigenvalue weighted by molar-refractivity contribution is 0.273. The van der Waals surface area contributed by atoms with Crippen molar-refractivity contribution in [2.24, 2.45) is 17.8 Å². The van der Waals surface area contributed by atoms with Crippen LogP contribution < -0.4 is 5.32 Å². The molecule has 1 aromatic carbocycles. The van der Waals surface area contributed by atoms with Gasteiger partial charge in [0.05, 0.1) is 0 Å². The second-order valence-corrected chi connectivity index (χ2v) is 6.41. The van der Waals surface area contributed by atoms with Gasteiger partial charge in [0.15, 0.2) is 0 Å². The quantitative estimate of drug-likeness (QED) is 0.803. The molecule has 1 heteroatoms. The van der Waals surface area contributed by atoms with Gasteiger partial charge in [-0.25, -0.2) is 0 Å². The molecule has 100 valence electrons. The summed E-state index contributed by atoms with van der Waals surface area (Å²) in [7, 11) is 0. The average molecular weight is 245 g/mol. The van der Waals surface area contributed by atoms with Gasteiger partial charge in [0.1, 0.15) is 0 Å². The van der Waals surface area contributed by atoms with Crippen molar-refractivity contribution < 1.29 is 0 Å². The van der Waals surface area contributed by atoms with Crippen LogP contribution in [0.5, 0.6) is 0 Å². The van der Waals surface area contributed by atoms with E-state index in [1.54, 1.807) is 11.1 Å². The summed E-state index contributed by atoms with van der Waals surface area (Å²) in [5, 5.41) is 3.69. The summed E-state index contributed by atoms with van der Waals surface area (Å²) in [4.78, 5) is 0. The summed E-state index contributed by atoms with van der Waals surface area (Å²) in [6, 6.07) is 8.86. The minimum atomic E-state index is 0.751. The number of hydrogen-bond acceptors (Lipinski definition) is 1. The van der Waals surface area contributed by atoms with Gasteiger partial charge in [0.25, 0.3) is 0 Å². The van der Waals surface area contributed by atoms with E-state index in [1.165, 1.54) is 6.42 Å². The van der Waals surface area contributed by atoms with E-state index in [9.17, 15) is 0 Å². The molecule has 0 bridgehead atoms. The highest BCUT2D eigenvalue weighted by Gasteiger charge is 2.25. The topological polar surface area (TPSA) is 12.0 Å². The molecule has 1 aromatic rings. The molecule has 1 nitrogen and oxygen atoms in total. The molecule has 0 fully saturated rings. The molecule has 0 spiro atoms. The van der Waals surface area contributed by atoms with Crippen molar-refractivity contribution in [3.63, 3.8) is 0 Å². The van der Waals surface area contributed by atoms with Gasteiger partial charge < -0.3 is 5.32 Å². The van der Waals surface area contributed by atoms with Crippen molar-refractivity contribution in [3.05, 3.63) is 35.4 Å². The van der Waals surface area contributed by atoms with Crippen LogP contribution >= 0.6 is 0 Å². The number of hydrogen-bond donors (Lipinski definition) is 1. The van der Waals surface area contributed by atoms with E-state index in [-0.39, 0.29) is 0 Å². The molecule has 0 aliphatic heterocycles. The lowest BCUT2D eigenvalue weighted by Crippen LogP contribution is -2.35. The Kier molecular flexibility index (Phi) is 4.45. The smallest absolute Gasteiger partial charge is 0.00235 e. The van der Waals surface area contributed by atoms with E-state index in [2.05, 4.69) is 57.3 Å². The van der Waals surface area contributed by atoms with Crippen LogP contribution in [-0.4, -0.2) is 13.1 Å². The van der Waals surface area contributed by atoms with Gasteiger partial charge in [-0.3, -0.25) is 0 Å².